The Kier molecular flexibility index (Phi) is 4.83. The van der Waals surface area contributed by atoms with Gasteiger partial charge in [-0.3, -0.25) is 9.78 Å². The number of anilines is 1. The van der Waals surface area contributed by atoms with Gasteiger partial charge in [0, 0.05) is 34.6 Å². The lowest BCUT2D eigenvalue weighted by atomic mass is 10.2. The zero-order valence-electron chi connectivity index (χ0n) is 13.2. The number of rotatable bonds is 5. The van der Waals surface area contributed by atoms with E-state index in [1.165, 1.54) is 11.3 Å². The fourth-order valence-electron chi connectivity index (χ4n) is 2.53. The van der Waals surface area contributed by atoms with E-state index in [9.17, 15) is 4.79 Å². The molecule has 0 aliphatic rings. The van der Waals surface area contributed by atoms with Crippen LogP contribution in [0.1, 0.15) is 47.7 Å². The second-order valence-corrected chi connectivity index (χ2v) is 6.36. The smallest absolute Gasteiger partial charge is 0.266 e. The third-order valence-electron chi connectivity index (χ3n) is 3.66. The average Bonchev–Trinajstić information content (AvgIpc) is 2.76. The van der Waals surface area contributed by atoms with Crippen molar-refractivity contribution in [3.8, 4) is 0 Å². The molecule has 0 saturated carbocycles. The van der Waals surface area contributed by atoms with Crippen molar-refractivity contribution in [2.75, 3.05) is 18.8 Å². The van der Waals surface area contributed by atoms with Crippen LogP contribution in [0.5, 0.6) is 0 Å². The van der Waals surface area contributed by atoms with E-state index in [1.54, 1.807) is 0 Å². The van der Waals surface area contributed by atoms with Gasteiger partial charge < -0.3 is 10.6 Å². The summed E-state index contributed by atoms with van der Waals surface area (Å²) in [6.07, 6.45) is 2.10. The molecule has 0 radical (unpaired) electrons. The molecule has 114 valence electrons. The molecule has 0 bridgehead atoms. The van der Waals surface area contributed by atoms with Crippen molar-refractivity contribution in [2.45, 2.75) is 40.5 Å². The molecule has 2 aromatic heterocycles. The van der Waals surface area contributed by atoms with Crippen LogP contribution in [0.3, 0.4) is 0 Å². The molecule has 2 N–H and O–H groups in total. The molecule has 2 rings (SSSR count). The number of carbonyl (C=O) groups is 1. The molecule has 0 aliphatic heterocycles. The summed E-state index contributed by atoms with van der Waals surface area (Å²) in [7, 11) is 0. The van der Waals surface area contributed by atoms with Crippen LogP contribution in [0.2, 0.25) is 0 Å². The molecule has 0 aliphatic carbocycles. The Hall–Kier alpha value is -1.62. The third kappa shape index (κ3) is 3.02. The van der Waals surface area contributed by atoms with Gasteiger partial charge >= 0.3 is 0 Å². The van der Waals surface area contributed by atoms with E-state index in [1.807, 2.05) is 31.7 Å². The minimum Gasteiger partial charge on any atom is -0.397 e. The van der Waals surface area contributed by atoms with Crippen LogP contribution < -0.4 is 5.73 Å². The van der Waals surface area contributed by atoms with E-state index in [2.05, 4.69) is 11.9 Å². The number of pyridine rings is 1. The number of unbranched alkanes of at least 4 members (excludes halogenated alkanes) is 1. The summed E-state index contributed by atoms with van der Waals surface area (Å²) in [6.45, 7) is 9.54. The monoisotopic (exact) mass is 305 g/mol. The summed E-state index contributed by atoms with van der Waals surface area (Å²) in [5.41, 5.74) is 8.67. The molecule has 0 atom stereocenters. The molecule has 0 saturated heterocycles. The van der Waals surface area contributed by atoms with Gasteiger partial charge in [0.05, 0.1) is 5.69 Å². The maximum Gasteiger partial charge on any atom is 0.266 e. The molecule has 0 unspecified atom stereocenters. The number of carbonyl (C=O) groups excluding carboxylic acids is 1. The molecule has 1 amide bonds. The summed E-state index contributed by atoms with van der Waals surface area (Å²) < 4.78 is 1.05. The fourth-order valence-corrected chi connectivity index (χ4v) is 3.77. The number of aromatic nitrogens is 1. The van der Waals surface area contributed by atoms with Gasteiger partial charge in [-0.1, -0.05) is 13.3 Å². The number of amides is 1. The van der Waals surface area contributed by atoms with Crippen LogP contribution >= 0.6 is 11.3 Å². The summed E-state index contributed by atoms with van der Waals surface area (Å²) in [5, 5.41) is 0.931. The Balaban J connectivity index is 2.44. The highest BCUT2D eigenvalue weighted by Gasteiger charge is 2.22. The first-order valence-corrected chi connectivity index (χ1v) is 8.26. The van der Waals surface area contributed by atoms with Gasteiger partial charge in [-0.15, -0.1) is 11.3 Å². The highest BCUT2D eigenvalue weighted by atomic mass is 32.1. The number of nitrogen functional groups attached to an aromatic ring is 1. The van der Waals surface area contributed by atoms with Gasteiger partial charge in [0.15, 0.2) is 0 Å². The lowest BCUT2D eigenvalue weighted by molar-refractivity contribution is 0.0768. The fraction of sp³-hybridized carbons (Fsp3) is 0.500. The van der Waals surface area contributed by atoms with Crippen molar-refractivity contribution in [1.29, 1.82) is 0 Å². The van der Waals surface area contributed by atoms with Crippen molar-refractivity contribution in [2.24, 2.45) is 0 Å². The topological polar surface area (TPSA) is 59.2 Å². The van der Waals surface area contributed by atoms with Gasteiger partial charge in [-0.05, 0) is 33.3 Å². The number of hydrogen-bond acceptors (Lipinski definition) is 4. The van der Waals surface area contributed by atoms with Crippen LogP contribution in [0.4, 0.5) is 5.69 Å². The number of nitrogens with zero attached hydrogens (tertiary/aromatic N) is 2. The second-order valence-electron chi connectivity index (χ2n) is 5.31. The number of nitrogens with two attached hydrogens (primary N) is 1. The summed E-state index contributed by atoms with van der Waals surface area (Å²) in [4.78, 5) is 19.7. The van der Waals surface area contributed by atoms with Crippen molar-refractivity contribution in [3.63, 3.8) is 0 Å². The first-order chi connectivity index (χ1) is 9.99. The molecule has 0 aromatic carbocycles. The Bertz CT molecular complexity index is 663. The van der Waals surface area contributed by atoms with Crippen LogP contribution in [0, 0.1) is 13.8 Å². The van der Waals surface area contributed by atoms with E-state index in [-0.39, 0.29) is 5.91 Å². The normalized spacial score (nSPS) is 11.0. The number of aryl methyl sites for hydroxylation is 2. The Morgan fingerprint density at radius 1 is 1.38 bits per heavy atom. The van der Waals surface area contributed by atoms with Crippen LogP contribution in [-0.2, 0) is 0 Å². The van der Waals surface area contributed by atoms with Crippen molar-refractivity contribution >= 4 is 33.0 Å². The lowest BCUT2D eigenvalue weighted by Crippen LogP contribution is -2.31. The largest absolute Gasteiger partial charge is 0.397 e. The zero-order chi connectivity index (χ0) is 15.6. The molecule has 2 heterocycles. The minimum absolute atomic E-state index is 0.0432. The number of hydrogen-bond donors (Lipinski definition) is 1. The van der Waals surface area contributed by atoms with Gasteiger partial charge in [0.25, 0.3) is 5.91 Å². The average molecular weight is 305 g/mol. The van der Waals surface area contributed by atoms with E-state index in [0.717, 1.165) is 40.9 Å². The molecule has 21 heavy (non-hydrogen) atoms. The predicted octanol–water partition coefficient (Wildman–Crippen LogP) is 3.76. The molecule has 0 spiro atoms. The quantitative estimate of drug-likeness (QED) is 0.915. The maximum atomic E-state index is 12.7. The van der Waals surface area contributed by atoms with E-state index in [4.69, 9.17) is 5.73 Å². The molecule has 5 heteroatoms. The van der Waals surface area contributed by atoms with Crippen molar-refractivity contribution in [3.05, 3.63) is 22.3 Å². The number of fused-ring (bicyclic) bond motifs is 1. The first-order valence-electron chi connectivity index (χ1n) is 7.45. The molecule has 0 fully saturated rings. The minimum atomic E-state index is 0.0432. The Morgan fingerprint density at radius 3 is 2.71 bits per heavy atom. The van der Waals surface area contributed by atoms with E-state index in [0.29, 0.717) is 17.1 Å². The van der Waals surface area contributed by atoms with Crippen molar-refractivity contribution < 1.29 is 4.79 Å². The standard InChI is InChI=1S/C16H23N3OS/c1-5-7-8-19(6-2)16(20)15-14(17)13-11(4)18-10(3)9-12(13)21-15/h9H,5-8,17H2,1-4H3. The molecule has 2 aromatic rings. The van der Waals surface area contributed by atoms with Crippen molar-refractivity contribution in [1.82, 2.24) is 9.88 Å². The predicted molar refractivity (Wildman–Crippen MR) is 90.0 cm³/mol. The maximum absolute atomic E-state index is 12.7. The van der Waals surface area contributed by atoms with Gasteiger partial charge in [0.2, 0.25) is 0 Å². The Labute approximate surface area is 130 Å². The van der Waals surface area contributed by atoms with Gasteiger partial charge in [-0.2, -0.15) is 0 Å². The van der Waals surface area contributed by atoms with Crippen LogP contribution in [0.15, 0.2) is 6.07 Å². The summed E-state index contributed by atoms with van der Waals surface area (Å²) >= 11 is 1.48. The first kappa shape index (κ1) is 15.8. The highest BCUT2D eigenvalue weighted by Crippen LogP contribution is 2.36. The van der Waals surface area contributed by atoms with E-state index >= 15 is 0 Å². The lowest BCUT2D eigenvalue weighted by Gasteiger charge is -2.20. The summed E-state index contributed by atoms with van der Waals surface area (Å²) in [6, 6.07) is 2.00. The molecular formula is C16H23N3OS. The Morgan fingerprint density at radius 2 is 2.10 bits per heavy atom. The molecule has 4 nitrogen and oxygen atoms in total. The highest BCUT2D eigenvalue weighted by molar-refractivity contribution is 7.21. The van der Waals surface area contributed by atoms with Crippen LogP contribution in [-0.4, -0.2) is 28.9 Å². The second kappa shape index (κ2) is 6.43. The van der Waals surface area contributed by atoms with Gasteiger partial charge in [0.1, 0.15) is 4.88 Å². The van der Waals surface area contributed by atoms with Crippen LogP contribution in [0.25, 0.3) is 10.1 Å². The summed E-state index contributed by atoms with van der Waals surface area (Å²) in [5.74, 6) is 0.0432. The SMILES string of the molecule is CCCCN(CC)C(=O)c1sc2cc(C)nc(C)c2c1N. The zero-order valence-corrected chi connectivity index (χ0v) is 14.0. The van der Waals surface area contributed by atoms with E-state index < -0.39 is 0 Å². The molecular weight excluding hydrogens is 282 g/mol. The number of thiophene rings is 1. The third-order valence-corrected chi connectivity index (χ3v) is 4.80. The van der Waals surface area contributed by atoms with Gasteiger partial charge in [-0.25, -0.2) is 0 Å².